The highest BCUT2D eigenvalue weighted by atomic mass is 19.1. The van der Waals surface area contributed by atoms with Crippen LogP contribution in [0.2, 0.25) is 0 Å². The first-order valence-corrected chi connectivity index (χ1v) is 7.46. The number of para-hydroxylation sites is 1. The van der Waals surface area contributed by atoms with Crippen molar-refractivity contribution in [3.8, 4) is 0 Å². The Hall–Kier alpha value is -2.13. The van der Waals surface area contributed by atoms with Crippen molar-refractivity contribution in [2.24, 2.45) is 0 Å². The fourth-order valence-corrected chi connectivity index (χ4v) is 3.42. The van der Waals surface area contributed by atoms with Gasteiger partial charge in [0.25, 0.3) is 0 Å². The van der Waals surface area contributed by atoms with Crippen molar-refractivity contribution in [1.29, 1.82) is 0 Å². The van der Waals surface area contributed by atoms with E-state index in [9.17, 15) is 4.39 Å². The van der Waals surface area contributed by atoms with Crippen molar-refractivity contribution < 1.29 is 9.29 Å². The molecule has 0 bridgehead atoms. The van der Waals surface area contributed by atoms with E-state index in [1.807, 2.05) is 6.07 Å². The predicted molar refractivity (Wildman–Crippen MR) is 81.6 cm³/mol. The Kier molecular flexibility index (Phi) is 3.00. The first-order chi connectivity index (χ1) is 10.3. The molecule has 2 heterocycles. The van der Waals surface area contributed by atoms with Crippen molar-refractivity contribution in [1.82, 2.24) is 4.98 Å². The Labute approximate surface area is 123 Å². The van der Waals surface area contributed by atoms with Crippen LogP contribution in [0.4, 0.5) is 4.39 Å². The second kappa shape index (κ2) is 5.01. The van der Waals surface area contributed by atoms with Crippen molar-refractivity contribution in [2.75, 3.05) is 6.54 Å². The number of H-pyrrole nitrogens is 1. The van der Waals surface area contributed by atoms with E-state index in [4.69, 9.17) is 0 Å². The van der Waals surface area contributed by atoms with Crippen molar-refractivity contribution in [3.63, 3.8) is 0 Å². The minimum absolute atomic E-state index is 0.143. The number of hydrogen-bond acceptors (Lipinski definition) is 0. The van der Waals surface area contributed by atoms with Crippen molar-refractivity contribution in [3.05, 3.63) is 71.2 Å². The van der Waals surface area contributed by atoms with Crippen LogP contribution in [0.25, 0.3) is 10.9 Å². The van der Waals surface area contributed by atoms with Gasteiger partial charge in [0, 0.05) is 22.9 Å². The third kappa shape index (κ3) is 2.34. The van der Waals surface area contributed by atoms with Crippen molar-refractivity contribution >= 4 is 10.9 Å². The topological polar surface area (TPSA) is 20.2 Å². The molecule has 21 heavy (non-hydrogen) atoms. The number of quaternary nitrogens is 1. The predicted octanol–water partition coefficient (Wildman–Crippen LogP) is 2.45. The maximum atomic E-state index is 13.3. The summed E-state index contributed by atoms with van der Waals surface area (Å²) in [5.41, 5.74) is 5.11. The Morgan fingerprint density at radius 1 is 1.10 bits per heavy atom. The second-order valence-electron chi connectivity index (χ2n) is 5.86. The molecule has 0 radical (unpaired) electrons. The third-order valence-corrected chi connectivity index (χ3v) is 4.40. The maximum absolute atomic E-state index is 13.3. The molecule has 1 atom stereocenters. The van der Waals surface area contributed by atoms with Crippen LogP contribution in [0.15, 0.2) is 48.5 Å². The highest BCUT2D eigenvalue weighted by molar-refractivity contribution is 5.84. The number of fused-ring (bicyclic) bond motifs is 3. The number of nitrogens with one attached hydrogen (secondary N) is 2. The highest BCUT2D eigenvalue weighted by Crippen LogP contribution is 2.23. The van der Waals surface area contributed by atoms with E-state index >= 15 is 0 Å². The molecule has 106 valence electrons. The average Bonchev–Trinajstić information content (AvgIpc) is 2.85. The fourth-order valence-electron chi connectivity index (χ4n) is 3.42. The molecule has 1 aliphatic heterocycles. The Morgan fingerprint density at radius 3 is 2.90 bits per heavy atom. The lowest BCUT2D eigenvalue weighted by atomic mass is 10.0. The van der Waals surface area contributed by atoms with Crippen LogP contribution in [-0.4, -0.2) is 11.5 Å². The van der Waals surface area contributed by atoms with Gasteiger partial charge in [-0.3, -0.25) is 0 Å². The molecular formula is C18H18FN2+. The summed E-state index contributed by atoms with van der Waals surface area (Å²) in [6.45, 7) is 2.97. The van der Waals surface area contributed by atoms with Crippen LogP contribution in [0.5, 0.6) is 0 Å². The van der Waals surface area contributed by atoms with Gasteiger partial charge < -0.3 is 9.88 Å². The van der Waals surface area contributed by atoms with Gasteiger partial charge >= 0.3 is 0 Å². The molecule has 0 saturated carbocycles. The molecule has 0 amide bonds. The van der Waals surface area contributed by atoms with E-state index in [-0.39, 0.29) is 5.82 Å². The Balaban J connectivity index is 1.59. The van der Waals surface area contributed by atoms with Crippen LogP contribution in [-0.2, 0) is 19.5 Å². The van der Waals surface area contributed by atoms with Gasteiger partial charge in [0.05, 0.1) is 12.2 Å². The lowest BCUT2D eigenvalue weighted by molar-refractivity contribution is -0.929. The first-order valence-electron chi connectivity index (χ1n) is 7.46. The van der Waals surface area contributed by atoms with Crippen LogP contribution in [0, 0.1) is 5.82 Å². The molecule has 1 aliphatic rings. The SMILES string of the molecule is Fc1cccc(C[NH+]2CCc3c([nH]c4ccccc34)C2)c1. The molecular weight excluding hydrogens is 263 g/mol. The lowest BCUT2D eigenvalue weighted by Gasteiger charge is -2.24. The van der Waals surface area contributed by atoms with Crippen LogP contribution < -0.4 is 4.90 Å². The molecule has 1 aromatic heterocycles. The van der Waals surface area contributed by atoms with Crippen molar-refractivity contribution in [2.45, 2.75) is 19.5 Å². The third-order valence-electron chi connectivity index (χ3n) is 4.40. The van der Waals surface area contributed by atoms with E-state index in [2.05, 4.69) is 29.2 Å². The standard InChI is InChI=1S/C18H17FN2/c19-14-5-3-4-13(10-14)11-21-9-8-16-15-6-1-2-7-17(15)20-18(16)12-21/h1-7,10,20H,8-9,11-12H2/p+1. The molecule has 3 aromatic rings. The number of rotatable bonds is 2. The van der Waals surface area contributed by atoms with E-state index in [0.29, 0.717) is 0 Å². The van der Waals surface area contributed by atoms with Crippen LogP contribution in [0.1, 0.15) is 16.8 Å². The van der Waals surface area contributed by atoms with Gasteiger partial charge in [-0.1, -0.05) is 30.3 Å². The summed E-state index contributed by atoms with van der Waals surface area (Å²) in [5.74, 6) is -0.143. The molecule has 3 heteroatoms. The van der Waals surface area contributed by atoms with Gasteiger partial charge in [-0.15, -0.1) is 0 Å². The van der Waals surface area contributed by atoms with Gasteiger partial charge in [-0.25, -0.2) is 4.39 Å². The number of halogens is 1. The molecule has 0 aliphatic carbocycles. The monoisotopic (exact) mass is 281 g/mol. The number of aromatic amines is 1. The maximum Gasteiger partial charge on any atom is 0.123 e. The number of hydrogen-bond donors (Lipinski definition) is 2. The summed E-state index contributed by atoms with van der Waals surface area (Å²) < 4.78 is 13.3. The van der Waals surface area contributed by atoms with Gasteiger partial charge in [0.1, 0.15) is 18.9 Å². The minimum Gasteiger partial charge on any atom is -0.354 e. The van der Waals surface area contributed by atoms with E-state index < -0.39 is 0 Å². The summed E-state index contributed by atoms with van der Waals surface area (Å²) >= 11 is 0. The number of benzene rings is 2. The average molecular weight is 281 g/mol. The molecule has 0 fully saturated rings. The molecule has 4 rings (SSSR count). The second-order valence-corrected chi connectivity index (χ2v) is 5.86. The molecule has 2 N–H and O–H groups in total. The Morgan fingerprint density at radius 2 is 2.00 bits per heavy atom. The molecule has 2 nitrogen and oxygen atoms in total. The molecule has 1 unspecified atom stereocenters. The summed E-state index contributed by atoms with van der Waals surface area (Å²) in [5, 5.41) is 1.36. The zero-order chi connectivity index (χ0) is 14.2. The number of aromatic nitrogens is 1. The summed E-state index contributed by atoms with van der Waals surface area (Å²) in [7, 11) is 0. The van der Waals surface area contributed by atoms with E-state index in [0.717, 1.165) is 31.6 Å². The van der Waals surface area contributed by atoms with E-state index in [1.54, 1.807) is 12.1 Å². The normalized spacial score (nSPS) is 17.9. The summed E-state index contributed by atoms with van der Waals surface area (Å²) in [4.78, 5) is 5.03. The van der Waals surface area contributed by atoms with Gasteiger partial charge in [0.15, 0.2) is 0 Å². The molecule has 0 saturated heterocycles. The smallest absolute Gasteiger partial charge is 0.123 e. The summed E-state index contributed by atoms with van der Waals surface area (Å²) in [6, 6.07) is 15.5. The highest BCUT2D eigenvalue weighted by Gasteiger charge is 2.23. The summed E-state index contributed by atoms with van der Waals surface area (Å²) in [6.07, 6.45) is 1.09. The Bertz CT molecular complexity index is 791. The van der Waals surface area contributed by atoms with Gasteiger partial charge in [-0.05, 0) is 23.8 Å². The largest absolute Gasteiger partial charge is 0.354 e. The molecule has 2 aromatic carbocycles. The molecule has 0 spiro atoms. The minimum atomic E-state index is -0.143. The van der Waals surface area contributed by atoms with E-state index in [1.165, 1.54) is 33.1 Å². The first kappa shape index (κ1) is 12.6. The zero-order valence-electron chi connectivity index (χ0n) is 11.8. The van der Waals surface area contributed by atoms with Crippen LogP contribution >= 0.6 is 0 Å². The zero-order valence-corrected chi connectivity index (χ0v) is 11.8. The van der Waals surface area contributed by atoms with Gasteiger partial charge in [-0.2, -0.15) is 0 Å². The fraction of sp³-hybridized carbons (Fsp3) is 0.222. The lowest BCUT2D eigenvalue weighted by Crippen LogP contribution is -3.10. The van der Waals surface area contributed by atoms with Gasteiger partial charge in [0.2, 0.25) is 0 Å². The van der Waals surface area contributed by atoms with Crippen LogP contribution in [0.3, 0.4) is 0 Å². The quantitative estimate of drug-likeness (QED) is 0.720.